The van der Waals surface area contributed by atoms with Crippen LogP contribution >= 0.6 is 0 Å². The molecule has 0 radical (unpaired) electrons. The zero-order valence-corrected chi connectivity index (χ0v) is 11.1. The third-order valence-electron chi connectivity index (χ3n) is 2.67. The van der Waals surface area contributed by atoms with Gasteiger partial charge in [-0.05, 0) is 11.5 Å². The molecular weight excluding hydrogens is 250 g/mol. The summed E-state index contributed by atoms with van der Waals surface area (Å²) < 4.78 is 25.4. The minimum atomic E-state index is -3.73. The predicted molar refractivity (Wildman–Crippen MR) is 70.8 cm³/mol. The van der Waals surface area contributed by atoms with Crippen LogP contribution in [0.25, 0.3) is 10.8 Å². The average Bonchev–Trinajstić information content (AvgIpc) is 2.36. The highest BCUT2D eigenvalue weighted by molar-refractivity contribution is 7.89. The summed E-state index contributed by atoms with van der Waals surface area (Å²) in [5, 5.41) is 2.85. The van der Waals surface area contributed by atoms with E-state index in [1.54, 1.807) is 38.4 Å². The van der Waals surface area contributed by atoms with E-state index in [9.17, 15) is 8.42 Å². The molecule has 6 heteroatoms. The molecule has 0 aliphatic rings. The van der Waals surface area contributed by atoms with Gasteiger partial charge in [-0.2, -0.15) is 0 Å². The minimum absolute atomic E-state index is 0.205. The lowest BCUT2D eigenvalue weighted by Gasteiger charge is -2.23. The number of hydrazine groups is 2. The minimum Gasteiger partial charge on any atom is -0.240 e. The van der Waals surface area contributed by atoms with E-state index in [4.69, 9.17) is 5.84 Å². The molecule has 96 valence electrons. The maximum absolute atomic E-state index is 12.3. The van der Waals surface area contributed by atoms with Crippen molar-refractivity contribution in [1.29, 1.82) is 0 Å². The fourth-order valence-electron chi connectivity index (χ4n) is 1.74. The standard InChI is InChI=1S/C12H15N3O2S/c1-14(2)15(13)18(16,17)12-9-5-7-10-6-3-4-8-11(10)12/h3-9H,13H2,1-2H3. The zero-order chi connectivity index (χ0) is 13.3. The molecule has 0 aromatic heterocycles. The van der Waals surface area contributed by atoms with Crippen LogP contribution in [-0.2, 0) is 10.0 Å². The molecule has 0 saturated heterocycles. The molecule has 0 amide bonds. The number of benzene rings is 2. The number of rotatable bonds is 3. The Kier molecular flexibility index (Phi) is 3.36. The number of sulfonamides is 1. The summed E-state index contributed by atoms with van der Waals surface area (Å²) in [4.78, 5) is 0.205. The summed E-state index contributed by atoms with van der Waals surface area (Å²) in [5.74, 6) is 5.59. The highest BCUT2D eigenvalue weighted by Gasteiger charge is 2.25. The first kappa shape index (κ1) is 13.0. The van der Waals surface area contributed by atoms with Crippen molar-refractivity contribution in [3.63, 3.8) is 0 Å². The molecule has 0 fully saturated rings. The summed E-state index contributed by atoms with van der Waals surface area (Å²) in [6, 6.07) is 12.4. The quantitative estimate of drug-likeness (QED) is 0.668. The average molecular weight is 265 g/mol. The molecule has 2 N–H and O–H groups in total. The van der Waals surface area contributed by atoms with E-state index in [0.717, 1.165) is 9.91 Å². The van der Waals surface area contributed by atoms with Gasteiger partial charge < -0.3 is 0 Å². The molecule has 2 aromatic rings. The zero-order valence-electron chi connectivity index (χ0n) is 10.2. The van der Waals surface area contributed by atoms with Crippen LogP contribution in [0.4, 0.5) is 0 Å². The van der Waals surface area contributed by atoms with Gasteiger partial charge in [-0.25, -0.2) is 19.3 Å². The molecule has 0 atom stereocenters. The highest BCUT2D eigenvalue weighted by Crippen LogP contribution is 2.24. The summed E-state index contributed by atoms with van der Waals surface area (Å²) in [5.41, 5.74) is 0. The fourth-order valence-corrected chi connectivity index (χ4v) is 3.08. The van der Waals surface area contributed by atoms with Crippen LogP contribution in [0.1, 0.15) is 0 Å². The van der Waals surface area contributed by atoms with Crippen molar-refractivity contribution in [2.75, 3.05) is 14.1 Å². The lowest BCUT2D eigenvalue weighted by Crippen LogP contribution is -2.46. The molecule has 2 rings (SSSR count). The van der Waals surface area contributed by atoms with Crippen molar-refractivity contribution < 1.29 is 8.42 Å². The second kappa shape index (κ2) is 4.66. The lowest BCUT2D eigenvalue weighted by molar-refractivity contribution is 0.128. The summed E-state index contributed by atoms with van der Waals surface area (Å²) in [6.07, 6.45) is 0. The normalized spacial score (nSPS) is 12.5. The van der Waals surface area contributed by atoms with Crippen molar-refractivity contribution >= 4 is 20.8 Å². The Hall–Kier alpha value is -1.47. The van der Waals surface area contributed by atoms with Gasteiger partial charge in [0, 0.05) is 19.5 Å². The third-order valence-corrected chi connectivity index (χ3v) is 4.40. The first-order valence-electron chi connectivity index (χ1n) is 5.39. The van der Waals surface area contributed by atoms with E-state index in [-0.39, 0.29) is 4.90 Å². The maximum Gasteiger partial charge on any atom is 0.269 e. The largest absolute Gasteiger partial charge is 0.269 e. The summed E-state index contributed by atoms with van der Waals surface area (Å²) in [6.45, 7) is 0. The molecule has 0 unspecified atom stereocenters. The first-order valence-corrected chi connectivity index (χ1v) is 6.83. The van der Waals surface area contributed by atoms with Gasteiger partial charge in [-0.1, -0.05) is 40.9 Å². The molecule has 0 saturated carbocycles. The smallest absolute Gasteiger partial charge is 0.240 e. The second-order valence-electron chi connectivity index (χ2n) is 4.10. The number of hydrogen-bond donors (Lipinski definition) is 1. The van der Waals surface area contributed by atoms with Crippen LogP contribution in [0.2, 0.25) is 0 Å². The van der Waals surface area contributed by atoms with Crippen LogP contribution in [-0.4, -0.2) is 32.0 Å². The Balaban J connectivity index is 2.69. The van der Waals surface area contributed by atoms with Crippen molar-refractivity contribution in [3.8, 4) is 0 Å². The van der Waals surface area contributed by atoms with E-state index in [1.807, 2.05) is 18.2 Å². The van der Waals surface area contributed by atoms with Gasteiger partial charge in [0.25, 0.3) is 10.0 Å². The van der Waals surface area contributed by atoms with Crippen molar-refractivity contribution in [2.24, 2.45) is 5.84 Å². The van der Waals surface area contributed by atoms with Crippen molar-refractivity contribution in [1.82, 2.24) is 9.53 Å². The van der Waals surface area contributed by atoms with E-state index >= 15 is 0 Å². The molecule has 18 heavy (non-hydrogen) atoms. The Bertz CT molecular complexity index is 663. The Labute approximate surface area is 106 Å². The first-order chi connectivity index (χ1) is 8.44. The van der Waals surface area contributed by atoms with Gasteiger partial charge in [0.2, 0.25) is 0 Å². The van der Waals surface area contributed by atoms with Crippen LogP contribution in [0.15, 0.2) is 47.4 Å². The maximum atomic E-state index is 12.3. The van der Waals surface area contributed by atoms with E-state index in [0.29, 0.717) is 5.39 Å². The molecule has 0 spiro atoms. The monoisotopic (exact) mass is 265 g/mol. The topological polar surface area (TPSA) is 66.6 Å². The van der Waals surface area contributed by atoms with E-state index in [1.165, 1.54) is 5.01 Å². The summed E-state index contributed by atoms with van der Waals surface area (Å²) >= 11 is 0. The number of fused-ring (bicyclic) bond motifs is 1. The third kappa shape index (κ3) is 2.11. The molecule has 0 aliphatic carbocycles. The van der Waals surface area contributed by atoms with Crippen LogP contribution in [0, 0.1) is 0 Å². The lowest BCUT2D eigenvalue weighted by atomic mass is 10.1. The fraction of sp³-hybridized carbons (Fsp3) is 0.167. The van der Waals surface area contributed by atoms with Crippen molar-refractivity contribution in [2.45, 2.75) is 4.90 Å². The number of nitrogens with two attached hydrogens (primary N) is 1. The van der Waals surface area contributed by atoms with E-state index < -0.39 is 10.0 Å². The van der Waals surface area contributed by atoms with Crippen LogP contribution in [0.3, 0.4) is 0 Å². The Morgan fingerprint density at radius 2 is 1.61 bits per heavy atom. The van der Waals surface area contributed by atoms with Gasteiger partial charge in [-0.15, -0.1) is 0 Å². The molecule has 0 bridgehead atoms. The Morgan fingerprint density at radius 1 is 1.00 bits per heavy atom. The van der Waals surface area contributed by atoms with Crippen molar-refractivity contribution in [3.05, 3.63) is 42.5 Å². The molecule has 0 heterocycles. The number of nitrogens with zero attached hydrogens (tertiary/aromatic N) is 2. The van der Waals surface area contributed by atoms with Gasteiger partial charge in [0.05, 0.1) is 4.90 Å². The SMILES string of the molecule is CN(C)N(N)S(=O)(=O)c1cccc2ccccc12. The van der Waals surface area contributed by atoms with Gasteiger partial charge >= 0.3 is 0 Å². The van der Waals surface area contributed by atoms with Crippen LogP contribution < -0.4 is 5.84 Å². The van der Waals surface area contributed by atoms with Crippen LogP contribution in [0.5, 0.6) is 0 Å². The second-order valence-corrected chi connectivity index (χ2v) is 5.87. The highest BCUT2D eigenvalue weighted by atomic mass is 32.2. The molecule has 0 aliphatic heterocycles. The van der Waals surface area contributed by atoms with Gasteiger partial charge in [0.1, 0.15) is 0 Å². The Morgan fingerprint density at radius 3 is 2.28 bits per heavy atom. The molecular formula is C12H15N3O2S. The number of hydrogen-bond acceptors (Lipinski definition) is 4. The van der Waals surface area contributed by atoms with Gasteiger partial charge in [-0.3, -0.25) is 0 Å². The predicted octanol–water partition coefficient (Wildman–Crippen LogP) is 1.18. The van der Waals surface area contributed by atoms with E-state index in [2.05, 4.69) is 0 Å². The molecule has 2 aromatic carbocycles. The molecule has 5 nitrogen and oxygen atoms in total. The summed E-state index contributed by atoms with van der Waals surface area (Å²) in [7, 11) is -0.584. The van der Waals surface area contributed by atoms with Gasteiger partial charge in [0.15, 0.2) is 0 Å².